The lowest BCUT2D eigenvalue weighted by atomic mass is 9.95. The summed E-state index contributed by atoms with van der Waals surface area (Å²) in [7, 11) is -3.49. The third-order valence-electron chi connectivity index (χ3n) is 4.32. The highest BCUT2D eigenvalue weighted by atomic mass is 127. The fourth-order valence-corrected chi connectivity index (χ4v) is 4.74. The van der Waals surface area contributed by atoms with Gasteiger partial charge in [0.25, 0.3) is 0 Å². The number of sulfonamides is 1. The van der Waals surface area contributed by atoms with Gasteiger partial charge in [-0.2, -0.15) is 4.31 Å². The number of nitrogens with zero attached hydrogens (tertiary/aromatic N) is 1. The Balaban J connectivity index is 1.92. The number of amides is 1. The van der Waals surface area contributed by atoms with Crippen molar-refractivity contribution in [1.82, 2.24) is 4.31 Å². The molecule has 0 aromatic heterocycles. The van der Waals surface area contributed by atoms with E-state index >= 15 is 0 Å². The van der Waals surface area contributed by atoms with E-state index in [9.17, 15) is 13.2 Å². The quantitative estimate of drug-likeness (QED) is 0.699. The summed E-state index contributed by atoms with van der Waals surface area (Å²) < 4.78 is 27.4. The number of carbonyl (C=O) groups is 1. The fourth-order valence-electron chi connectivity index (χ4n) is 2.97. The first kappa shape index (κ1) is 18.3. The Bertz CT molecular complexity index is 899. The van der Waals surface area contributed by atoms with Crippen molar-refractivity contribution in [2.75, 3.05) is 11.1 Å². The average molecular weight is 470 g/mol. The van der Waals surface area contributed by atoms with Crippen molar-refractivity contribution in [2.24, 2.45) is 0 Å². The van der Waals surface area contributed by atoms with Crippen LogP contribution in [-0.2, 0) is 27.8 Å². The summed E-state index contributed by atoms with van der Waals surface area (Å²) in [4.78, 5) is 12.8. The molecule has 1 atom stereocenters. The van der Waals surface area contributed by atoms with Gasteiger partial charge >= 0.3 is 0 Å². The molecule has 1 unspecified atom stereocenters. The van der Waals surface area contributed by atoms with Crippen LogP contribution in [0.5, 0.6) is 0 Å². The molecular formula is C18H19IN2O3S. The number of fused-ring (bicyclic) bond motifs is 1. The summed E-state index contributed by atoms with van der Waals surface area (Å²) in [6, 6.07) is 14.4. The van der Waals surface area contributed by atoms with E-state index in [2.05, 4.69) is 27.9 Å². The van der Waals surface area contributed by atoms with Crippen LogP contribution in [0.4, 0.5) is 5.69 Å². The van der Waals surface area contributed by atoms with Crippen molar-refractivity contribution in [3.8, 4) is 0 Å². The van der Waals surface area contributed by atoms with Gasteiger partial charge in [-0.05, 0) is 65.3 Å². The van der Waals surface area contributed by atoms with Gasteiger partial charge in [0.1, 0.15) is 6.04 Å². The molecule has 1 aliphatic rings. The van der Waals surface area contributed by atoms with E-state index in [1.807, 2.05) is 42.5 Å². The second-order valence-electron chi connectivity index (χ2n) is 5.93. The van der Waals surface area contributed by atoms with Crippen molar-refractivity contribution >= 4 is 44.2 Å². The van der Waals surface area contributed by atoms with Crippen LogP contribution in [-0.4, -0.2) is 30.4 Å². The smallest absolute Gasteiger partial charge is 0.243 e. The molecule has 0 bridgehead atoms. The number of benzene rings is 2. The van der Waals surface area contributed by atoms with Gasteiger partial charge in [-0.25, -0.2) is 8.42 Å². The highest BCUT2D eigenvalue weighted by Gasteiger charge is 2.37. The second-order valence-corrected chi connectivity index (χ2v) is 9.39. The molecule has 0 saturated heterocycles. The first-order chi connectivity index (χ1) is 11.9. The minimum absolute atomic E-state index is 0.0256. The summed E-state index contributed by atoms with van der Waals surface area (Å²) in [6.07, 6.45) is 0.380. The van der Waals surface area contributed by atoms with E-state index in [0.29, 0.717) is 12.1 Å². The predicted octanol–water partition coefficient (Wildman–Crippen LogP) is 3.01. The maximum absolute atomic E-state index is 12.8. The molecule has 1 aliphatic heterocycles. The van der Waals surface area contributed by atoms with Crippen molar-refractivity contribution in [3.63, 3.8) is 0 Å². The first-order valence-corrected chi connectivity index (χ1v) is 10.7. The number of rotatable bonds is 4. The van der Waals surface area contributed by atoms with Gasteiger partial charge in [0.05, 0.1) is 5.75 Å². The standard InChI is InChI=1S/C18H19IN2O3S/c1-2-25(23,24)21-12-14-7-4-3-6-13(14)10-17(21)18(22)20-16-9-5-8-15(19)11-16/h3-9,11,17H,2,10,12H2,1H3,(H,20,22). The highest BCUT2D eigenvalue weighted by molar-refractivity contribution is 14.1. The Morgan fingerprint density at radius 2 is 1.92 bits per heavy atom. The van der Waals surface area contributed by atoms with E-state index in [1.165, 1.54) is 4.31 Å². The van der Waals surface area contributed by atoms with Crippen molar-refractivity contribution in [3.05, 3.63) is 63.2 Å². The molecule has 2 aromatic rings. The molecule has 132 valence electrons. The van der Waals surface area contributed by atoms with Crippen molar-refractivity contribution in [2.45, 2.75) is 25.9 Å². The Labute approximate surface area is 161 Å². The monoisotopic (exact) mass is 470 g/mol. The fraction of sp³-hybridized carbons (Fsp3) is 0.278. The maximum Gasteiger partial charge on any atom is 0.243 e. The molecule has 1 amide bonds. The van der Waals surface area contributed by atoms with Crippen LogP contribution >= 0.6 is 22.6 Å². The average Bonchev–Trinajstić information content (AvgIpc) is 2.60. The Kier molecular flexibility index (Phi) is 5.45. The normalized spacial score (nSPS) is 17.8. The molecule has 1 heterocycles. The Hall–Kier alpha value is -1.45. The van der Waals surface area contributed by atoms with Crippen molar-refractivity contribution < 1.29 is 13.2 Å². The van der Waals surface area contributed by atoms with Crippen LogP contribution in [0.2, 0.25) is 0 Å². The Morgan fingerprint density at radius 1 is 1.20 bits per heavy atom. The summed E-state index contributed by atoms with van der Waals surface area (Å²) in [5, 5.41) is 2.86. The van der Waals surface area contributed by atoms with Crippen LogP contribution in [0.3, 0.4) is 0 Å². The number of carbonyl (C=O) groups excluding carboxylic acids is 1. The zero-order chi connectivity index (χ0) is 18.0. The van der Waals surface area contributed by atoms with Crippen LogP contribution in [0.15, 0.2) is 48.5 Å². The molecule has 0 spiro atoms. The van der Waals surface area contributed by atoms with Crippen LogP contribution in [0, 0.1) is 3.57 Å². The molecule has 7 heteroatoms. The summed E-state index contributed by atoms with van der Waals surface area (Å²) >= 11 is 2.17. The molecule has 0 aliphatic carbocycles. The third kappa shape index (κ3) is 4.04. The van der Waals surface area contributed by atoms with Crippen LogP contribution in [0.25, 0.3) is 0 Å². The second kappa shape index (κ2) is 7.43. The summed E-state index contributed by atoms with van der Waals surface area (Å²) in [5.41, 5.74) is 2.65. The van der Waals surface area contributed by atoms with Gasteiger partial charge in [-0.1, -0.05) is 30.3 Å². The topological polar surface area (TPSA) is 66.5 Å². The van der Waals surface area contributed by atoms with Gasteiger partial charge in [-0.15, -0.1) is 0 Å². The number of hydrogen-bond donors (Lipinski definition) is 1. The molecule has 3 rings (SSSR count). The van der Waals surface area contributed by atoms with E-state index < -0.39 is 16.1 Å². The lowest BCUT2D eigenvalue weighted by Gasteiger charge is -2.34. The molecule has 2 aromatic carbocycles. The van der Waals surface area contributed by atoms with Gasteiger partial charge in [0, 0.05) is 15.8 Å². The van der Waals surface area contributed by atoms with Crippen LogP contribution in [0.1, 0.15) is 18.1 Å². The van der Waals surface area contributed by atoms with E-state index in [0.717, 1.165) is 14.7 Å². The number of anilines is 1. The SMILES string of the molecule is CCS(=O)(=O)N1Cc2ccccc2CC1C(=O)Nc1cccc(I)c1. The molecule has 0 radical (unpaired) electrons. The van der Waals surface area contributed by atoms with Gasteiger partial charge in [-0.3, -0.25) is 4.79 Å². The lowest BCUT2D eigenvalue weighted by Crippen LogP contribution is -2.51. The number of hydrogen-bond acceptors (Lipinski definition) is 3. The zero-order valence-electron chi connectivity index (χ0n) is 13.8. The third-order valence-corrected chi connectivity index (χ3v) is 6.82. The predicted molar refractivity (Wildman–Crippen MR) is 107 cm³/mol. The van der Waals surface area contributed by atoms with E-state index in [1.54, 1.807) is 13.0 Å². The molecule has 0 fully saturated rings. The Morgan fingerprint density at radius 3 is 2.60 bits per heavy atom. The summed E-state index contributed by atoms with van der Waals surface area (Å²) in [5.74, 6) is -0.323. The molecule has 25 heavy (non-hydrogen) atoms. The minimum atomic E-state index is -3.49. The summed E-state index contributed by atoms with van der Waals surface area (Å²) in [6.45, 7) is 1.83. The van der Waals surface area contributed by atoms with Crippen molar-refractivity contribution in [1.29, 1.82) is 0 Å². The largest absolute Gasteiger partial charge is 0.325 e. The van der Waals surface area contributed by atoms with Crippen LogP contribution < -0.4 is 5.32 Å². The van der Waals surface area contributed by atoms with Gasteiger partial charge in [0.2, 0.25) is 15.9 Å². The van der Waals surface area contributed by atoms with Gasteiger partial charge < -0.3 is 5.32 Å². The molecule has 5 nitrogen and oxygen atoms in total. The molecular weight excluding hydrogens is 451 g/mol. The lowest BCUT2D eigenvalue weighted by molar-refractivity contribution is -0.120. The number of nitrogens with one attached hydrogen (secondary N) is 1. The first-order valence-electron chi connectivity index (χ1n) is 8.03. The number of halogens is 1. The zero-order valence-corrected chi connectivity index (χ0v) is 16.7. The molecule has 1 N–H and O–H groups in total. The maximum atomic E-state index is 12.8. The minimum Gasteiger partial charge on any atom is -0.325 e. The van der Waals surface area contributed by atoms with Gasteiger partial charge in [0.15, 0.2) is 0 Å². The van der Waals surface area contributed by atoms with E-state index in [4.69, 9.17) is 0 Å². The van der Waals surface area contributed by atoms with E-state index in [-0.39, 0.29) is 18.2 Å². The highest BCUT2D eigenvalue weighted by Crippen LogP contribution is 2.27. The molecule has 0 saturated carbocycles.